The standard InChI is InChI=1S/C14H16Cl2N2O3/c1-2-21-13(19)12-4-3-7-18(12)14(20)17-9-5-6-10(15)11(16)8-9/h5-6,8,12H,2-4,7H2,1H3,(H,17,20). The number of likely N-dealkylation sites (tertiary alicyclic amines) is 1. The van der Waals surface area contributed by atoms with Gasteiger partial charge in [0, 0.05) is 12.2 Å². The van der Waals surface area contributed by atoms with E-state index in [-0.39, 0.29) is 12.0 Å². The molecule has 2 rings (SSSR count). The fourth-order valence-corrected chi connectivity index (χ4v) is 2.56. The van der Waals surface area contributed by atoms with Gasteiger partial charge in [-0.2, -0.15) is 0 Å². The lowest BCUT2D eigenvalue weighted by Crippen LogP contribution is -2.43. The SMILES string of the molecule is CCOC(=O)C1CCCN1C(=O)Nc1ccc(Cl)c(Cl)c1. The van der Waals surface area contributed by atoms with Crippen molar-refractivity contribution in [2.24, 2.45) is 0 Å². The van der Waals surface area contributed by atoms with Crippen LogP contribution in [0.4, 0.5) is 10.5 Å². The molecule has 0 spiro atoms. The van der Waals surface area contributed by atoms with Gasteiger partial charge >= 0.3 is 12.0 Å². The molecule has 1 aromatic carbocycles. The maximum absolute atomic E-state index is 12.3. The minimum absolute atomic E-state index is 0.303. The van der Waals surface area contributed by atoms with Crippen LogP contribution in [0.1, 0.15) is 19.8 Å². The number of halogens is 2. The van der Waals surface area contributed by atoms with Crippen LogP contribution >= 0.6 is 23.2 Å². The Hall–Kier alpha value is -1.46. The first kappa shape index (κ1) is 15.9. The largest absolute Gasteiger partial charge is 0.464 e. The molecular weight excluding hydrogens is 315 g/mol. The smallest absolute Gasteiger partial charge is 0.328 e. The first-order chi connectivity index (χ1) is 10.0. The van der Waals surface area contributed by atoms with Gasteiger partial charge in [-0.25, -0.2) is 9.59 Å². The number of hydrogen-bond donors (Lipinski definition) is 1. The van der Waals surface area contributed by atoms with Gasteiger partial charge in [0.1, 0.15) is 6.04 Å². The van der Waals surface area contributed by atoms with Crippen molar-refractivity contribution in [3.05, 3.63) is 28.2 Å². The van der Waals surface area contributed by atoms with E-state index in [1.807, 2.05) is 0 Å². The zero-order chi connectivity index (χ0) is 15.4. The number of nitrogens with zero attached hydrogens (tertiary/aromatic N) is 1. The molecule has 7 heteroatoms. The fraction of sp³-hybridized carbons (Fsp3) is 0.429. The molecule has 1 heterocycles. The average molecular weight is 331 g/mol. The molecule has 1 aliphatic rings. The predicted octanol–water partition coefficient (Wildman–Crippen LogP) is 3.55. The molecule has 1 fully saturated rings. The second-order valence-corrected chi connectivity index (χ2v) is 5.48. The Morgan fingerprint density at radius 3 is 2.81 bits per heavy atom. The van der Waals surface area contributed by atoms with Crippen molar-refractivity contribution < 1.29 is 14.3 Å². The lowest BCUT2D eigenvalue weighted by molar-refractivity contribution is -0.147. The van der Waals surface area contributed by atoms with Crippen LogP contribution in [-0.2, 0) is 9.53 Å². The van der Waals surface area contributed by atoms with E-state index in [0.29, 0.717) is 35.3 Å². The Bertz CT molecular complexity index is 551. The summed E-state index contributed by atoms with van der Waals surface area (Å²) in [5.74, 6) is -0.362. The van der Waals surface area contributed by atoms with Gasteiger partial charge in [0.05, 0.1) is 16.7 Å². The highest BCUT2D eigenvalue weighted by molar-refractivity contribution is 6.42. The Kier molecular flexibility index (Phi) is 5.31. The molecule has 0 aliphatic carbocycles. The summed E-state index contributed by atoms with van der Waals surface area (Å²) in [4.78, 5) is 25.6. The van der Waals surface area contributed by atoms with E-state index >= 15 is 0 Å². The van der Waals surface area contributed by atoms with Crippen LogP contribution in [0.5, 0.6) is 0 Å². The maximum atomic E-state index is 12.3. The van der Waals surface area contributed by atoms with E-state index in [2.05, 4.69) is 5.32 Å². The van der Waals surface area contributed by atoms with Gasteiger partial charge in [-0.1, -0.05) is 23.2 Å². The number of anilines is 1. The number of esters is 1. The third-order valence-electron chi connectivity index (χ3n) is 3.24. The molecule has 1 aromatic rings. The van der Waals surface area contributed by atoms with Crippen molar-refractivity contribution in [2.75, 3.05) is 18.5 Å². The molecule has 0 aromatic heterocycles. The minimum atomic E-state index is -0.521. The highest BCUT2D eigenvalue weighted by atomic mass is 35.5. The summed E-state index contributed by atoms with van der Waals surface area (Å²) in [7, 11) is 0. The summed E-state index contributed by atoms with van der Waals surface area (Å²) in [5.41, 5.74) is 0.531. The molecule has 1 atom stereocenters. The van der Waals surface area contributed by atoms with Crippen LogP contribution in [0.2, 0.25) is 10.0 Å². The summed E-state index contributed by atoms with van der Waals surface area (Å²) in [6.07, 6.45) is 1.39. The minimum Gasteiger partial charge on any atom is -0.464 e. The second-order valence-electron chi connectivity index (χ2n) is 4.66. The Morgan fingerprint density at radius 2 is 2.14 bits per heavy atom. The predicted molar refractivity (Wildman–Crippen MR) is 81.8 cm³/mol. The highest BCUT2D eigenvalue weighted by Crippen LogP contribution is 2.26. The molecule has 2 amide bonds. The zero-order valence-corrected chi connectivity index (χ0v) is 13.1. The number of hydrogen-bond acceptors (Lipinski definition) is 3. The number of carbonyl (C=O) groups excluding carboxylic acids is 2. The summed E-state index contributed by atoms with van der Waals surface area (Å²) in [6, 6.07) is 3.96. The Morgan fingerprint density at radius 1 is 1.38 bits per heavy atom. The van der Waals surface area contributed by atoms with Crippen LogP contribution in [0.25, 0.3) is 0 Å². The number of rotatable bonds is 3. The molecule has 21 heavy (non-hydrogen) atoms. The van der Waals surface area contributed by atoms with Crippen molar-refractivity contribution in [2.45, 2.75) is 25.8 Å². The molecule has 1 aliphatic heterocycles. The molecule has 0 radical (unpaired) electrons. The molecule has 0 saturated carbocycles. The normalized spacial score (nSPS) is 17.7. The van der Waals surface area contributed by atoms with Crippen LogP contribution < -0.4 is 5.32 Å². The van der Waals surface area contributed by atoms with Gasteiger partial charge in [0.15, 0.2) is 0 Å². The molecule has 1 N–H and O–H groups in total. The van der Waals surface area contributed by atoms with Gasteiger partial charge in [-0.15, -0.1) is 0 Å². The number of carbonyl (C=O) groups is 2. The summed E-state index contributed by atoms with van der Waals surface area (Å²) < 4.78 is 4.99. The van der Waals surface area contributed by atoms with Gasteiger partial charge in [0.25, 0.3) is 0 Å². The van der Waals surface area contributed by atoms with Gasteiger partial charge in [0.2, 0.25) is 0 Å². The van der Waals surface area contributed by atoms with Crippen molar-refractivity contribution in [3.63, 3.8) is 0 Å². The zero-order valence-electron chi connectivity index (χ0n) is 11.6. The molecule has 1 unspecified atom stereocenters. The first-order valence-electron chi connectivity index (χ1n) is 6.72. The second kappa shape index (κ2) is 7.00. The van der Waals surface area contributed by atoms with Crippen LogP contribution in [-0.4, -0.2) is 36.1 Å². The molecule has 0 bridgehead atoms. The average Bonchev–Trinajstić information content (AvgIpc) is 2.92. The van der Waals surface area contributed by atoms with E-state index < -0.39 is 6.04 Å². The van der Waals surface area contributed by atoms with E-state index in [1.54, 1.807) is 25.1 Å². The van der Waals surface area contributed by atoms with Crippen molar-refractivity contribution >= 4 is 40.9 Å². The van der Waals surface area contributed by atoms with E-state index in [4.69, 9.17) is 27.9 Å². The summed E-state index contributed by atoms with van der Waals surface area (Å²) in [5, 5.41) is 3.49. The molecule has 114 valence electrons. The van der Waals surface area contributed by atoms with Crippen LogP contribution in [0.15, 0.2) is 18.2 Å². The fourth-order valence-electron chi connectivity index (χ4n) is 2.26. The molecular formula is C14H16Cl2N2O3. The summed E-state index contributed by atoms with van der Waals surface area (Å²) in [6.45, 7) is 2.57. The van der Waals surface area contributed by atoms with Gasteiger partial charge in [-0.3, -0.25) is 0 Å². The van der Waals surface area contributed by atoms with Crippen molar-refractivity contribution in [3.8, 4) is 0 Å². The van der Waals surface area contributed by atoms with E-state index in [1.165, 1.54) is 4.90 Å². The number of urea groups is 1. The lowest BCUT2D eigenvalue weighted by atomic mass is 10.2. The van der Waals surface area contributed by atoms with Crippen molar-refractivity contribution in [1.29, 1.82) is 0 Å². The van der Waals surface area contributed by atoms with Crippen LogP contribution in [0, 0.1) is 0 Å². The third kappa shape index (κ3) is 3.80. The quantitative estimate of drug-likeness (QED) is 0.862. The van der Waals surface area contributed by atoms with Gasteiger partial charge in [-0.05, 0) is 38.0 Å². The third-order valence-corrected chi connectivity index (χ3v) is 3.98. The monoisotopic (exact) mass is 330 g/mol. The van der Waals surface area contributed by atoms with E-state index in [0.717, 1.165) is 6.42 Å². The topological polar surface area (TPSA) is 58.6 Å². The lowest BCUT2D eigenvalue weighted by Gasteiger charge is -2.23. The first-order valence-corrected chi connectivity index (χ1v) is 7.48. The highest BCUT2D eigenvalue weighted by Gasteiger charge is 2.35. The number of amides is 2. The summed E-state index contributed by atoms with van der Waals surface area (Å²) >= 11 is 11.7. The van der Waals surface area contributed by atoms with Crippen molar-refractivity contribution in [1.82, 2.24) is 4.90 Å². The van der Waals surface area contributed by atoms with Crippen LogP contribution in [0.3, 0.4) is 0 Å². The Balaban J connectivity index is 2.04. The number of nitrogens with one attached hydrogen (secondary N) is 1. The number of benzene rings is 1. The van der Waals surface area contributed by atoms with Gasteiger partial charge < -0.3 is 15.0 Å². The molecule has 5 nitrogen and oxygen atoms in total. The van der Waals surface area contributed by atoms with E-state index in [9.17, 15) is 9.59 Å². The number of ether oxygens (including phenoxy) is 1. The molecule has 1 saturated heterocycles. The maximum Gasteiger partial charge on any atom is 0.328 e. The Labute approximate surface area is 133 Å².